The van der Waals surface area contributed by atoms with E-state index in [1.807, 2.05) is 13.8 Å². The molecule has 2 aromatic rings. The Morgan fingerprint density at radius 2 is 1.56 bits per heavy atom. The summed E-state index contributed by atoms with van der Waals surface area (Å²) in [6, 6.07) is 1.61. The minimum absolute atomic E-state index is 0.00743. The van der Waals surface area contributed by atoms with Crippen LogP contribution >= 0.6 is 0 Å². The minimum Gasteiger partial charge on any atom is -0.378 e. The Morgan fingerprint density at radius 1 is 1.03 bits per heavy atom. The van der Waals surface area contributed by atoms with Crippen molar-refractivity contribution in [2.24, 2.45) is 11.5 Å². The van der Waals surface area contributed by atoms with Crippen LogP contribution in [-0.2, 0) is 26.7 Å². The van der Waals surface area contributed by atoms with E-state index in [1.165, 1.54) is 0 Å². The van der Waals surface area contributed by atoms with Gasteiger partial charge in [-0.3, -0.25) is 14.5 Å². The summed E-state index contributed by atoms with van der Waals surface area (Å²) in [5.41, 5.74) is 6.56. The molecule has 2 amide bonds. The number of rotatable bonds is 5. The number of nitrogens with zero attached hydrogens (tertiary/aromatic N) is 4. The standard InChI is InChI=1S/C13H8F6N4O.C8H16N2O2/c14-12(15,16)8-3-7(4-9(5-8)13(17,18)19)11-21-6-23(22-11)2-1-10(20)24;1-6-4-12-5-7(2)10(6)3-8(9)11/h1-6H,(H2,20,24);6-7H,3-5H2,1-2H3,(H2,9,11)/b2-1-;. The molecule has 1 aliphatic rings. The lowest BCUT2D eigenvalue weighted by Crippen LogP contribution is -2.52. The molecule has 15 heteroatoms. The van der Waals surface area contributed by atoms with Gasteiger partial charge < -0.3 is 16.2 Å². The Morgan fingerprint density at radius 3 is 2.00 bits per heavy atom. The topological polar surface area (TPSA) is 129 Å². The Labute approximate surface area is 201 Å². The number of halogens is 6. The maximum Gasteiger partial charge on any atom is 0.416 e. The number of carbonyl (C=O) groups is 2. The van der Waals surface area contributed by atoms with Crippen LogP contribution in [0.4, 0.5) is 26.3 Å². The molecule has 36 heavy (non-hydrogen) atoms. The lowest BCUT2D eigenvalue weighted by molar-refractivity contribution is -0.143. The smallest absolute Gasteiger partial charge is 0.378 e. The van der Waals surface area contributed by atoms with Crippen LogP contribution in [0.1, 0.15) is 25.0 Å². The number of hydrogen-bond acceptors (Lipinski definition) is 6. The highest BCUT2D eigenvalue weighted by atomic mass is 19.4. The molecule has 4 N–H and O–H groups in total. The molecule has 0 saturated carbocycles. The van der Waals surface area contributed by atoms with Crippen molar-refractivity contribution in [3.8, 4) is 11.4 Å². The molecule has 2 atom stereocenters. The zero-order valence-corrected chi connectivity index (χ0v) is 19.2. The van der Waals surface area contributed by atoms with Gasteiger partial charge in [-0.1, -0.05) is 0 Å². The number of nitrogens with two attached hydrogens (primary N) is 2. The molecular weight excluding hydrogens is 498 g/mol. The summed E-state index contributed by atoms with van der Waals surface area (Å²) in [5.74, 6) is -1.46. The summed E-state index contributed by atoms with van der Waals surface area (Å²) in [4.78, 5) is 27.0. The number of hydrogen-bond donors (Lipinski definition) is 2. The van der Waals surface area contributed by atoms with Crippen LogP contribution in [0.2, 0.25) is 0 Å². The van der Waals surface area contributed by atoms with Gasteiger partial charge in [0.2, 0.25) is 11.8 Å². The molecule has 0 aliphatic carbocycles. The zero-order valence-electron chi connectivity index (χ0n) is 19.2. The van der Waals surface area contributed by atoms with Crippen molar-refractivity contribution in [3.63, 3.8) is 0 Å². The Kier molecular flexibility index (Phi) is 9.21. The van der Waals surface area contributed by atoms with Crippen molar-refractivity contribution >= 4 is 18.0 Å². The van der Waals surface area contributed by atoms with Crippen molar-refractivity contribution in [1.29, 1.82) is 0 Å². The van der Waals surface area contributed by atoms with E-state index in [4.69, 9.17) is 16.2 Å². The predicted molar refractivity (Wildman–Crippen MR) is 116 cm³/mol. The zero-order chi connectivity index (χ0) is 27.3. The van der Waals surface area contributed by atoms with E-state index in [-0.39, 0.29) is 17.8 Å². The first-order chi connectivity index (χ1) is 16.6. The minimum atomic E-state index is -4.97. The quantitative estimate of drug-likeness (QED) is 0.459. The van der Waals surface area contributed by atoms with E-state index >= 15 is 0 Å². The number of morpholine rings is 1. The van der Waals surface area contributed by atoms with Gasteiger partial charge in [-0.05, 0) is 32.0 Å². The van der Waals surface area contributed by atoms with E-state index in [9.17, 15) is 35.9 Å². The third kappa shape index (κ3) is 8.34. The highest BCUT2D eigenvalue weighted by Gasteiger charge is 2.37. The van der Waals surface area contributed by atoms with Gasteiger partial charge >= 0.3 is 12.4 Å². The summed E-state index contributed by atoms with van der Waals surface area (Å²) in [7, 11) is 0. The molecule has 0 bridgehead atoms. The van der Waals surface area contributed by atoms with Gasteiger partial charge in [0.1, 0.15) is 6.33 Å². The van der Waals surface area contributed by atoms with Gasteiger partial charge in [-0.15, -0.1) is 5.10 Å². The summed E-state index contributed by atoms with van der Waals surface area (Å²) in [6.45, 7) is 5.80. The normalized spacial score (nSPS) is 19.1. The molecule has 1 aromatic carbocycles. The van der Waals surface area contributed by atoms with Crippen LogP contribution in [0.25, 0.3) is 17.6 Å². The van der Waals surface area contributed by atoms with Crippen molar-refractivity contribution in [2.75, 3.05) is 19.8 Å². The number of aromatic nitrogens is 3. The summed E-state index contributed by atoms with van der Waals surface area (Å²) in [6.07, 6.45) is -6.99. The monoisotopic (exact) mass is 522 g/mol. The van der Waals surface area contributed by atoms with Crippen molar-refractivity contribution in [2.45, 2.75) is 38.3 Å². The number of alkyl halides is 6. The second kappa shape index (κ2) is 11.5. The summed E-state index contributed by atoms with van der Waals surface area (Å²) in [5, 5.41) is 3.68. The van der Waals surface area contributed by atoms with Crippen LogP contribution in [0.5, 0.6) is 0 Å². The van der Waals surface area contributed by atoms with Crippen LogP contribution in [0.15, 0.2) is 30.6 Å². The van der Waals surface area contributed by atoms with Crippen LogP contribution < -0.4 is 11.5 Å². The third-order valence-corrected chi connectivity index (χ3v) is 4.93. The van der Waals surface area contributed by atoms with Crippen LogP contribution in [0, 0.1) is 0 Å². The van der Waals surface area contributed by atoms with Gasteiger partial charge in [0.15, 0.2) is 5.82 Å². The molecule has 1 aromatic heterocycles. The van der Waals surface area contributed by atoms with Crippen molar-refractivity contribution in [1.82, 2.24) is 19.7 Å². The van der Waals surface area contributed by atoms with Crippen molar-refractivity contribution < 1.29 is 40.7 Å². The van der Waals surface area contributed by atoms with E-state index in [0.29, 0.717) is 44.0 Å². The molecule has 0 spiro atoms. The second-order valence-electron chi connectivity index (χ2n) is 7.93. The second-order valence-corrected chi connectivity index (χ2v) is 7.93. The Balaban J connectivity index is 0.000000319. The highest BCUT2D eigenvalue weighted by Crippen LogP contribution is 2.38. The fourth-order valence-corrected chi connectivity index (χ4v) is 3.24. The molecule has 1 fully saturated rings. The first kappa shape index (κ1) is 28.8. The molecule has 1 aliphatic heterocycles. The molecule has 198 valence electrons. The molecule has 2 unspecified atom stereocenters. The molecule has 1 saturated heterocycles. The molecule has 3 rings (SSSR count). The molecular formula is C21H24F6N6O3. The van der Waals surface area contributed by atoms with Gasteiger partial charge in [-0.25, -0.2) is 9.67 Å². The molecule has 9 nitrogen and oxygen atoms in total. The number of benzene rings is 1. The average molecular weight is 522 g/mol. The fourth-order valence-electron chi connectivity index (χ4n) is 3.24. The molecule has 2 heterocycles. The Bertz CT molecular complexity index is 1060. The number of carbonyl (C=O) groups excluding carboxylic acids is 2. The first-order valence-electron chi connectivity index (χ1n) is 10.4. The molecule has 0 radical (unpaired) electrons. The maximum absolute atomic E-state index is 12.8. The lowest BCUT2D eigenvalue weighted by Gasteiger charge is -2.37. The largest absolute Gasteiger partial charge is 0.416 e. The lowest BCUT2D eigenvalue weighted by atomic mass is 10.0. The number of amides is 2. The van der Waals surface area contributed by atoms with E-state index in [2.05, 4.69) is 15.0 Å². The maximum atomic E-state index is 12.8. The van der Waals surface area contributed by atoms with Gasteiger partial charge in [-0.2, -0.15) is 26.3 Å². The SMILES string of the molecule is CC1COCC(C)N1CC(N)=O.NC(=O)/C=C\n1cnc(-c2cc(C(F)(F)F)cc(C(F)(F)F)c2)n1. The van der Waals surface area contributed by atoms with Gasteiger partial charge in [0, 0.05) is 29.9 Å². The average Bonchev–Trinajstić information content (AvgIpc) is 3.23. The van der Waals surface area contributed by atoms with Crippen molar-refractivity contribution in [3.05, 3.63) is 41.7 Å². The van der Waals surface area contributed by atoms with E-state index < -0.39 is 35.0 Å². The third-order valence-electron chi connectivity index (χ3n) is 4.93. The van der Waals surface area contributed by atoms with Gasteiger partial charge in [0.05, 0.1) is 30.9 Å². The van der Waals surface area contributed by atoms with E-state index in [0.717, 1.165) is 23.3 Å². The summed E-state index contributed by atoms with van der Waals surface area (Å²) >= 11 is 0. The predicted octanol–water partition coefficient (Wildman–Crippen LogP) is 2.52. The summed E-state index contributed by atoms with van der Waals surface area (Å²) < 4.78 is 83.0. The number of primary amides is 2. The van der Waals surface area contributed by atoms with E-state index in [1.54, 1.807) is 0 Å². The first-order valence-corrected chi connectivity index (χ1v) is 10.4. The number of ether oxygens (including phenoxy) is 1. The highest BCUT2D eigenvalue weighted by molar-refractivity contribution is 5.88. The van der Waals surface area contributed by atoms with Crippen LogP contribution in [-0.4, -0.2) is 63.3 Å². The van der Waals surface area contributed by atoms with Gasteiger partial charge in [0.25, 0.3) is 0 Å². The fraction of sp³-hybridized carbons (Fsp3) is 0.429. The Hall–Kier alpha value is -3.46. The van der Waals surface area contributed by atoms with Crippen LogP contribution in [0.3, 0.4) is 0 Å².